The van der Waals surface area contributed by atoms with E-state index in [9.17, 15) is 0 Å². The van der Waals surface area contributed by atoms with Crippen LogP contribution in [0.25, 0.3) is 172 Å². The van der Waals surface area contributed by atoms with E-state index in [1.807, 2.05) is 24.5 Å². The molecule has 0 amide bonds. The molecule has 594 valence electrons. The summed E-state index contributed by atoms with van der Waals surface area (Å²) in [4.78, 5) is 14.3. The number of benzene rings is 11. The molecule has 18 nitrogen and oxygen atoms in total. The van der Waals surface area contributed by atoms with Crippen molar-refractivity contribution in [3.8, 4) is 17.1 Å². The van der Waals surface area contributed by atoms with Crippen molar-refractivity contribution in [2.24, 2.45) is 42.3 Å². The number of hydrogen-bond acceptors (Lipinski definition) is 3. The molecule has 0 bridgehead atoms. The zero-order valence-electron chi connectivity index (χ0n) is 70.3. The molecule has 122 heavy (non-hydrogen) atoms. The van der Waals surface area contributed by atoms with Crippen LogP contribution in [0.4, 0.5) is 0 Å². The summed E-state index contributed by atoms with van der Waals surface area (Å²) in [5.41, 5.74) is 31.6. The first-order chi connectivity index (χ1) is 59.6. The normalized spacial score (nSPS) is 11.8. The van der Waals surface area contributed by atoms with Crippen LogP contribution < -0.4 is 13.7 Å². The van der Waals surface area contributed by atoms with Crippen molar-refractivity contribution in [3.05, 3.63) is 368 Å². The Morgan fingerprint density at radius 1 is 0.287 bits per heavy atom. The molecule has 0 spiro atoms. The lowest BCUT2D eigenvalue weighted by Crippen LogP contribution is -2.27. The molecule has 0 aliphatic carbocycles. The van der Waals surface area contributed by atoms with Gasteiger partial charge in [0, 0.05) is 96.6 Å². The largest absolute Gasteiger partial charge is 0.337 e. The summed E-state index contributed by atoms with van der Waals surface area (Å²) in [5, 5.41) is 10.3. The average Bonchev–Trinajstić information content (AvgIpc) is 1.53. The summed E-state index contributed by atoms with van der Waals surface area (Å²) >= 11 is 0. The molecular weight excluding hydrogens is 1500 g/mol. The fourth-order valence-electron chi connectivity index (χ4n) is 19.0. The maximum atomic E-state index is 5.00. The van der Waals surface area contributed by atoms with Crippen molar-refractivity contribution >= 4 is 155 Å². The van der Waals surface area contributed by atoms with E-state index in [1.165, 1.54) is 166 Å². The van der Waals surface area contributed by atoms with Gasteiger partial charge in [0.05, 0.1) is 92.6 Å². The third kappa shape index (κ3) is 11.6. The minimum Gasteiger partial charge on any atom is -0.337 e. The Morgan fingerprint density at radius 2 is 0.713 bits per heavy atom. The molecule has 0 saturated heterocycles. The van der Waals surface area contributed by atoms with Gasteiger partial charge in [0.15, 0.2) is 11.0 Å². The van der Waals surface area contributed by atoms with E-state index in [0.717, 1.165) is 39.4 Å². The maximum absolute atomic E-state index is 5.00. The van der Waals surface area contributed by atoms with E-state index < -0.39 is 0 Å². The SMILES string of the molecule is Cc1cccc2c1c1n(c3ccccc3[n+]1C)c1nc3ccccc3n21.Cc1cccc2c1c1n(cc[n+]1C)c1nc3ccccc3n21.Cc1cccc2c1c1n(cc[n+]1C)c1nccn21.Cc1ccccc1-n1c2ccccc2c2ccn(C)c21.Cc1ccccc1-n1ccc2c3ccccc3n(C)c21.Cc1ccccc1-n1ccc2ccn(C)c21. The van der Waals surface area contributed by atoms with Crippen LogP contribution in [-0.4, -0.2) is 68.8 Å². The van der Waals surface area contributed by atoms with Gasteiger partial charge in [-0.3, -0.25) is 17.8 Å². The second-order valence-corrected chi connectivity index (χ2v) is 32.2. The molecule has 26 rings (SSSR count). The minimum absolute atomic E-state index is 0.948. The van der Waals surface area contributed by atoms with Crippen LogP contribution in [0.15, 0.2) is 335 Å². The van der Waals surface area contributed by atoms with Gasteiger partial charge in [-0.25, -0.2) is 13.7 Å². The highest BCUT2D eigenvalue weighted by Gasteiger charge is 2.28. The second-order valence-electron chi connectivity index (χ2n) is 32.2. The van der Waals surface area contributed by atoms with E-state index in [-0.39, 0.29) is 0 Å². The first-order valence-corrected chi connectivity index (χ1v) is 41.4. The van der Waals surface area contributed by atoms with Crippen LogP contribution in [0.3, 0.4) is 0 Å². The molecule has 0 radical (unpaired) electrons. The summed E-state index contributed by atoms with van der Waals surface area (Å²) in [6, 6.07) is 96.0. The Hall–Kier alpha value is -15.6. The number of aryl methyl sites for hydroxylation is 12. The number of aromatic nitrogens is 18. The molecule has 0 aliphatic rings. The third-order valence-corrected chi connectivity index (χ3v) is 24.7. The van der Waals surface area contributed by atoms with Gasteiger partial charge in [0.25, 0.3) is 16.9 Å². The molecule has 0 unspecified atom stereocenters. The van der Waals surface area contributed by atoms with Gasteiger partial charge in [0.2, 0.25) is 0 Å². The van der Waals surface area contributed by atoms with E-state index in [2.05, 4.69) is 467 Å². The molecule has 15 heterocycles. The quantitative estimate of drug-likeness (QED) is 0.164. The van der Waals surface area contributed by atoms with Gasteiger partial charge in [0.1, 0.15) is 41.7 Å². The van der Waals surface area contributed by atoms with Crippen LogP contribution >= 0.6 is 0 Å². The van der Waals surface area contributed by atoms with E-state index in [0.29, 0.717) is 0 Å². The second kappa shape index (κ2) is 29.2. The molecule has 18 heteroatoms. The number of fused-ring (bicyclic) bond motifs is 31. The van der Waals surface area contributed by atoms with Crippen LogP contribution in [-0.2, 0) is 42.3 Å². The minimum atomic E-state index is 0.948. The van der Waals surface area contributed by atoms with Crippen molar-refractivity contribution in [3.63, 3.8) is 0 Å². The van der Waals surface area contributed by atoms with Crippen LogP contribution in [0.1, 0.15) is 33.4 Å². The number of nitrogens with zero attached hydrogens (tertiary/aromatic N) is 18. The maximum Gasteiger partial charge on any atom is 0.312 e. The summed E-state index contributed by atoms with van der Waals surface area (Å²) in [5.74, 6) is 2.86. The van der Waals surface area contributed by atoms with Crippen molar-refractivity contribution in [1.29, 1.82) is 0 Å². The summed E-state index contributed by atoms with van der Waals surface area (Å²) in [6.45, 7) is 13.0. The van der Waals surface area contributed by atoms with Gasteiger partial charge in [-0.2, -0.15) is 28.2 Å². The van der Waals surface area contributed by atoms with Gasteiger partial charge in [-0.1, -0.05) is 164 Å². The lowest BCUT2D eigenvalue weighted by atomic mass is 10.1. The Kier molecular flexibility index (Phi) is 17.7. The highest BCUT2D eigenvalue weighted by molar-refractivity contribution is 6.10. The summed E-state index contributed by atoms with van der Waals surface area (Å²) < 4.78 is 33.4. The van der Waals surface area contributed by atoms with Gasteiger partial charge in [-0.05, 0) is 184 Å². The Morgan fingerprint density at radius 3 is 1.34 bits per heavy atom. The fraction of sp³-hybridized carbons (Fsp3) is 0.115. The number of para-hydroxylation sites is 11. The van der Waals surface area contributed by atoms with Crippen molar-refractivity contribution in [2.75, 3.05) is 0 Å². The lowest BCUT2D eigenvalue weighted by molar-refractivity contribution is -0.643. The first-order valence-electron chi connectivity index (χ1n) is 41.4. The molecule has 26 aromatic rings. The molecular formula is C104H91N18+3. The standard InChI is InChI=1S/C22H17N4.C18H15N4.2C18H16N2.C14H13N4.C14H14N2/c1-14-8-7-13-19-20(14)21-24(2)17-11-5-6-12-18(17)26(21)22-23-15-9-3-4-10-16(15)25(19)22;1-12-6-5-9-15-16(12)17-20(2)10-11-21(17)18-19-13-7-3-4-8-14(13)22(15)18;1-13-7-3-5-9-16(13)20-12-11-15-14-8-4-6-10-17(14)19(2)18(15)20;1-13-7-3-5-9-16(13)20-17-10-6-4-8-14(17)15-11-12-19(2)18(15)20;1-10-4-3-5-11-12(10)13-16(2)8-9-18(13)14-15-6-7-17(11)14;1-11-5-3-4-6-13(11)16-10-8-12-7-9-15(2)14(12)16/h3-13H,1-2H3;3-11H,1-2H3;2*3-12H,1-2H3;3-9H,1-2H3;3-10H,1-2H3/q2*+1;;;+1;. The van der Waals surface area contributed by atoms with Gasteiger partial charge in [-0.15, -0.1) is 0 Å². The topological polar surface area (TPSA) is 106 Å². The predicted molar refractivity (Wildman–Crippen MR) is 497 cm³/mol. The van der Waals surface area contributed by atoms with Crippen LogP contribution in [0.2, 0.25) is 0 Å². The Bertz CT molecular complexity index is 8650. The zero-order chi connectivity index (χ0) is 83.0. The van der Waals surface area contributed by atoms with Crippen LogP contribution in [0.5, 0.6) is 0 Å². The first kappa shape index (κ1) is 74.0. The van der Waals surface area contributed by atoms with Crippen LogP contribution in [0, 0.1) is 41.5 Å². The monoisotopic (exact) mass is 1590 g/mol. The Labute approximate surface area is 702 Å². The fourth-order valence-corrected chi connectivity index (χ4v) is 19.0. The summed E-state index contributed by atoms with van der Waals surface area (Å²) in [7, 11) is 12.6. The lowest BCUT2D eigenvalue weighted by Gasteiger charge is -2.11. The molecule has 0 aliphatic heterocycles. The van der Waals surface area contributed by atoms with E-state index in [4.69, 9.17) is 9.97 Å². The molecule has 0 fully saturated rings. The smallest absolute Gasteiger partial charge is 0.312 e. The molecule has 0 saturated carbocycles. The van der Waals surface area contributed by atoms with Crippen molar-refractivity contribution in [2.45, 2.75) is 41.5 Å². The highest BCUT2D eigenvalue weighted by Crippen LogP contribution is 2.37. The third-order valence-electron chi connectivity index (χ3n) is 24.7. The zero-order valence-corrected chi connectivity index (χ0v) is 70.3. The van der Waals surface area contributed by atoms with E-state index >= 15 is 0 Å². The Balaban J connectivity index is 0.0000000907. The number of rotatable bonds is 3. The van der Waals surface area contributed by atoms with E-state index in [1.54, 1.807) is 0 Å². The summed E-state index contributed by atoms with van der Waals surface area (Å²) in [6.07, 6.45) is 20.7. The van der Waals surface area contributed by atoms with Crippen molar-refractivity contribution < 1.29 is 13.7 Å². The van der Waals surface area contributed by atoms with Gasteiger partial charge >= 0.3 is 17.3 Å². The number of imidazole rings is 6. The average molecular weight is 1590 g/mol. The van der Waals surface area contributed by atoms with Crippen molar-refractivity contribution in [1.82, 2.24) is 68.8 Å². The molecule has 0 atom stereocenters. The molecule has 0 N–H and O–H groups in total. The molecule has 11 aromatic carbocycles. The number of hydrogen-bond donors (Lipinski definition) is 0. The predicted octanol–water partition coefficient (Wildman–Crippen LogP) is 21.2. The highest BCUT2D eigenvalue weighted by atomic mass is 15.2. The molecule has 15 aromatic heterocycles. The van der Waals surface area contributed by atoms with Gasteiger partial charge < -0.3 is 22.8 Å².